The molecule has 2 atom stereocenters. The van der Waals surface area contributed by atoms with Crippen LogP contribution in [0.4, 0.5) is 4.39 Å². The lowest BCUT2D eigenvalue weighted by Gasteiger charge is -2.37. The summed E-state index contributed by atoms with van der Waals surface area (Å²) < 4.78 is 14.0. The molecule has 2 unspecified atom stereocenters. The van der Waals surface area contributed by atoms with Crippen molar-refractivity contribution in [2.45, 2.75) is 48.7 Å². The third kappa shape index (κ3) is 1.89. The Balaban J connectivity index is 2.02. The normalized spacial score (nSPS) is 36.2. The smallest absolute Gasteiger partial charge is 0.129 e. The molecule has 92 valence electrons. The molecule has 3 rings (SSSR count). The number of hydrogen-bond donors (Lipinski definition) is 1. The van der Waals surface area contributed by atoms with Crippen LogP contribution in [-0.2, 0) is 5.60 Å². The highest BCUT2D eigenvalue weighted by atomic mass is 32.2. The molecule has 2 aliphatic heterocycles. The summed E-state index contributed by atoms with van der Waals surface area (Å²) in [5.41, 5.74) is 0.475. The largest absolute Gasteiger partial charge is 0.385 e. The van der Waals surface area contributed by atoms with Gasteiger partial charge in [0.2, 0.25) is 0 Å². The van der Waals surface area contributed by atoms with Crippen LogP contribution in [0.1, 0.15) is 36.8 Å². The van der Waals surface area contributed by atoms with Gasteiger partial charge in [-0.1, -0.05) is 12.1 Å². The van der Waals surface area contributed by atoms with E-state index in [1.807, 2.05) is 24.8 Å². The lowest BCUT2D eigenvalue weighted by Crippen LogP contribution is -2.36. The molecular weight excluding hydrogens is 235 g/mol. The van der Waals surface area contributed by atoms with E-state index in [-0.39, 0.29) is 5.82 Å². The average Bonchev–Trinajstić information content (AvgIpc) is 2.58. The van der Waals surface area contributed by atoms with Crippen LogP contribution < -0.4 is 0 Å². The van der Waals surface area contributed by atoms with Gasteiger partial charge < -0.3 is 5.11 Å². The summed E-state index contributed by atoms with van der Waals surface area (Å²) in [4.78, 5) is 0. The van der Waals surface area contributed by atoms with E-state index < -0.39 is 5.60 Å². The first kappa shape index (κ1) is 11.5. The van der Waals surface area contributed by atoms with Crippen LogP contribution >= 0.6 is 11.8 Å². The van der Waals surface area contributed by atoms with E-state index in [1.54, 1.807) is 6.07 Å². The molecule has 2 aliphatic rings. The molecule has 3 heteroatoms. The van der Waals surface area contributed by atoms with E-state index in [4.69, 9.17) is 0 Å². The molecule has 0 amide bonds. The molecule has 17 heavy (non-hydrogen) atoms. The molecule has 0 spiro atoms. The summed E-state index contributed by atoms with van der Waals surface area (Å²) in [7, 11) is 0. The zero-order chi connectivity index (χ0) is 12.0. The molecule has 1 aromatic rings. The van der Waals surface area contributed by atoms with Crippen molar-refractivity contribution >= 4 is 11.8 Å². The lowest BCUT2D eigenvalue weighted by atomic mass is 9.83. The fraction of sp³-hybridized carbons (Fsp3) is 0.571. The Hall–Kier alpha value is -0.540. The highest BCUT2D eigenvalue weighted by Gasteiger charge is 2.45. The number of rotatable bonds is 1. The van der Waals surface area contributed by atoms with Crippen molar-refractivity contribution in [1.29, 1.82) is 0 Å². The molecule has 1 aromatic carbocycles. The molecule has 2 fully saturated rings. The number of aliphatic hydroxyl groups is 1. The van der Waals surface area contributed by atoms with E-state index in [2.05, 4.69) is 0 Å². The minimum atomic E-state index is -0.938. The fourth-order valence-corrected chi connectivity index (χ4v) is 5.17. The number of halogens is 1. The van der Waals surface area contributed by atoms with Crippen molar-refractivity contribution in [3.8, 4) is 0 Å². The van der Waals surface area contributed by atoms with Gasteiger partial charge in [-0.2, -0.15) is 11.8 Å². The first-order valence-corrected chi connectivity index (χ1v) is 7.16. The Morgan fingerprint density at radius 3 is 2.53 bits per heavy atom. The molecule has 0 radical (unpaired) electrons. The Kier molecular flexibility index (Phi) is 2.71. The third-order valence-electron chi connectivity index (χ3n) is 4.01. The maximum absolute atomic E-state index is 14.0. The number of fused-ring (bicyclic) bond motifs is 2. The van der Waals surface area contributed by atoms with Crippen molar-refractivity contribution in [3.05, 3.63) is 35.1 Å². The minimum absolute atomic E-state index is 0.251. The highest BCUT2D eigenvalue weighted by molar-refractivity contribution is 8.00. The van der Waals surface area contributed by atoms with Crippen LogP contribution in [0.15, 0.2) is 18.2 Å². The van der Waals surface area contributed by atoms with E-state index in [0.717, 1.165) is 5.56 Å². The van der Waals surface area contributed by atoms with Crippen molar-refractivity contribution in [3.63, 3.8) is 0 Å². The van der Waals surface area contributed by atoms with E-state index in [1.165, 1.54) is 18.9 Å². The summed E-state index contributed by atoms with van der Waals surface area (Å²) in [6.07, 6.45) is 3.75. The topological polar surface area (TPSA) is 20.2 Å². The van der Waals surface area contributed by atoms with Crippen LogP contribution in [0.5, 0.6) is 0 Å². The predicted octanol–water partition coefficient (Wildman–Crippen LogP) is 3.38. The lowest BCUT2D eigenvalue weighted by molar-refractivity contribution is 0.0156. The van der Waals surface area contributed by atoms with Gasteiger partial charge in [-0.05, 0) is 44.2 Å². The number of thioether (sulfide) groups is 1. The van der Waals surface area contributed by atoms with E-state index in [0.29, 0.717) is 28.9 Å². The second kappa shape index (κ2) is 3.99. The minimum Gasteiger partial charge on any atom is -0.385 e. The van der Waals surface area contributed by atoms with Gasteiger partial charge in [-0.25, -0.2) is 4.39 Å². The molecule has 2 heterocycles. The fourth-order valence-electron chi connectivity index (χ4n) is 3.34. The van der Waals surface area contributed by atoms with Gasteiger partial charge in [0, 0.05) is 16.1 Å². The molecule has 0 aliphatic carbocycles. The molecule has 2 saturated heterocycles. The van der Waals surface area contributed by atoms with Crippen LogP contribution in [0.2, 0.25) is 0 Å². The summed E-state index contributed by atoms with van der Waals surface area (Å²) in [6, 6.07) is 5.06. The van der Waals surface area contributed by atoms with Gasteiger partial charge in [0.1, 0.15) is 5.82 Å². The summed E-state index contributed by atoms with van der Waals surface area (Å²) >= 11 is 1.98. The third-order valence-corrected chi connectivity index (χ3v) is 5.59. The molecule has 0 aromatic heterocycles. The molecule has 1 nitrogen and oxygen atoms in total. The van der Waals surface area contributed by atoms with Crippen LogP contribution in [0, 0.1) is 12.7 Å². The van der Waals surface area contributed by atoms with Crippen molar-refractivity contribution in [1.82, 2.24) is 0 Å². The summed E-state index contributed by atoms with van der Waals surface area (Å²) in [5, 5.41) is 11.9. The second-order valence-corrected chi connectivity index (χ2v) is 6.93. The van der Waals surface area contributed by atoms with Crippen molar-refractivity contribution in [2.24, 2.45) is 0 Å². The molecule has 1 N–H and O–H groups in total. The maximum atomic E-state index is 14.0. The molecule has 2 bridgehead atoms. The van der Waals surface area contributed by atoms with Gasteiger partial charge >= 0.3 is 0 Å². The van der Waals surface area contributed by atoms with E-state index in [9.17, 15) is 9.50 Å². The van der Waals surface area contributed by atoms with Gasteiger partial charge in [0.25, 0.3) is 0 Å². The monoisotopic (exact) mass is 252 g/mol. The average molecular weight is 252 g/mol. The van der Waals surface area contributed by atoms with E-state index >= 15 is 0 Å². The van der Waals surface area contributed by atoms with Crippen molar-refractivity contribution in [2.75, 3.05) is 0 Å². The maximum Gasteiger partial charge on any atom is 0.129 e. The second-order valence-electron chi connectivity index (χ2n) is 5.33. The quantitative estimate of drug-likeness (QED) is 0.827. The number of aryl methyl sites for hydroxylation is 1. The number of benzene rings is 1. The Morgan fingerprint density at radius 2 is 1.94 bits per heavy atom. The standard InChI is InChI=1S/C14H17FOS/c1-9-3-2-4-12(15)13(9)14(16)7-10-5-6-11(8-14)17-10/h2-4,10-11,16H,5-8H2,1H3. The Morgan fingerprint density at radius 1 is 1.29 bits per heavy atom. The van der Waals surface area contributed by atoms with Crippen molar-refractivity contribution < 1.29 is 9.50 Å². The summed E-state index contributed by atoms with van der Waals surface area (Å²) in [5.74, 6) is -0.251. The SMILES string of the molecule is Cc1cccc(F)c1C1(O)CC2CCC(C1)S2. The zero-order valence-corrected chi connectivity index (χ0v) is 10.8. The van der Waals surface area contributed by atoms with Gasteiger partial charge in [-0.15, -0.1) is 0 Å². The van der Waals surface area contributed by atoms with Gasteiger partial charge in [0.05, 0.1) is 5.60 Å². The molecule has 0 saturated carbocycles. The van der Waals surface area contributed by atoms with Crippen LogP contribution in [0.25, 0.3) is 0 Å². The Bertz CT molecular complexity index is 414. The highest BCUT2D eigenvalue weighted by Crippen LogP contribution is 2.52. The van der Waals surface area contributed by atoms with Gasteiger partial charge in [0.15, 0.2) is 0 Å². The predicted molar refractivity (Wildman–Crippen MR) is 68.7 cm³/mol. The number of hydrogen-bond acceptors (Lipinski definition) is 2. The first-order valence-electron chi connectivity index (χ1n) is 6.22. The first-order chi connectivity index (χ1) is 8.08. The zero-order valence-electron chi connectivity index (χ0n) is 9.95. The Labute approximate surface area is 105 Å². The van der Waals surface area contributed by atoms with Crippen LogP contribution in [0.3, 0.4) is 0 Å². The molecular formula is C14H17FOS. The summed E-state index contributed by atoms with van der Waals surface area (Å²) in [6.45, 7) is 1.89. The van der Waals surface area contributed by atoms with Crippen LogP contribution in [-0.4, -0.2) is 15.6 Å². The van der Waals surface area contributed by atoms with Gasteiger partial charge in [-0.3, -0.25) is 0 Å².